The Morgan fingerprint density at radius 3 is 1.72 bits per heavy atom. The summed E-state index contributed by atoms with van der Waals surface area (Å²) in [7, 11) is 0. The van der Waals surface area contributed by atoms with E-state index in [1.165, 1.54) is 0 Å². The Kier molecular flexibility index (Phi) is 4.31. The first-order chi connectivity index (χ1) is 8.52. The van der Waals surface area contributed by atoms with Crippen molar-refractivity contribution < 1.29 is 5.11 Å². The van der Waals surface area contributed by atoms with Crippen molar-refractivity contribution in [2.24, 2.45) is 0 Å². The predicted molar refractivity (Wildman–Crippen MR) is 77.9 cm³/mol. The molecule has 1 rings (SSSR count). The quantitative estimate of drug-likeness (QED) is 0.587. The summed E-state index contributed by atoms with van der Waals surface area (Å²) in [6, 6.07) is 0. The molecule has 0 heterocycles. The molecule has 0 saturated carbocycles. The standard InChI is InChI=1S/C17H18O/c1-6-9-11-15-13(4)14(5)16(12-10-7-2)17(15,18)8-3/h3,6-7,9-12,18H,1-2H2,4-5H3/b11-9-,12-10-. The highest BCUT2D eigenvalue weighted by molar-refractivity contribution is 5.65. The summed E-state index contributed by atoms with van der Waals surface area (Å²) in [5, 5.41) is 10.7. The van der Waals surface area contributed by atoms with Gasteiger partial charge in [-0.1, -0.05) is 55.5 Å². The summed E-state index contributed by atoms with van der Waals surface area (Å²) in [4.78, 5) is 0. The molecule has 0 amide bonds. The van der Waals surface area contributed by atoms with Crippen LogP contribution in [0.2, 0.25) is 0 Å². The van der Waals surface area contributed by atoms with E-state index in [0.29, 0.717) is 0 Å². The molecule has 92 valence electrons. The summed E-state index contributed by atoms with van der Waals surface area (Å²) in [5.41, 5.74) is 2.08. The largest absolute Gasteiger partial charge is 0.369 e. The van der Waals surface area contributed by atoms with Gasteiger partial charge in [0.15, 0.2) is 5.60 Å². The summed E-state index contributed by atoms with van der Waals surface area (Å²) < 4.78 is 0. The molecule has 1 aliphatic carbocycles. The molecule has 0 aliphatic heterocycles. The second-order valence-corrected chi connectivity index (χ2v) is 4.12. The van der Waals surface area contributed by atoms with Crippen molar-refractivity contribution in [1.29, 1.82) is 0 Å². The van der Waals surface area contributed by atoms with Crippen molar-refractivity contribution in [2.45, 2.75) is 19.4 Å². The minimum atomic E-state index is -1.37. The molecule has 0 fully saturated rings. The number of hydrogen-bond donors (Lipinski definition) is 1. The molecule has 0 aromatic carbocycles. The number of terminal acetylenes is 1. The van der Waals surface area contributed by atoms with Gasteiger partial charge in [-0.25, -0.2) is 0 Å². The Balaban J connectivity index is 3.41. The van der Waals surface area contributed by atoms with Gasteiger partial charge >= 0.3 is 0 Å². The molecule has 0 bridgehead atoms. The predicted octanol–water partition coefficient (Wildman–Crippen LogP) is 3.48. The van der Waals surface area contributed by atoms with Gasteiger partial charge in [0.1, 0.15) is 0 Å². The van der Waals surface area contributed by atoms with E-state index in [0.717, 1.165) is 22.3 Å². The summed E-state index contributed by atoms with van der Waals surface area (Å²) in [6.07, 6.45) is 16.0. The third kappa shape index (κ3) is 2.16. The maximum atomic E-state index is 10.7. The molecule has 1 heteroatoms. The molecule has 1 aliphatic rings. The van der Waals surface area contributed by atoms with Gasteiger partial charge < -0.3 is 5.11 Å². The van der Waals surface area contributed by atoms with E-state index in [1.54, 1.807) is 36.5 Å². The van der Waals surface area contributed by atoms with Crippen molar-refractivity contribution in [2.75, 3.05) is 0 Å². The van der Waals surface area contributed by atoms with Gasteiger partial charge in [0.2, 0.25) is 0 Å². The van der Waals surface area contributed by atoms with Crippen molar-refractivity contribution in [3.63, 3.8) is 0 Å². The number of hydrogen-bond acceptors (Lipinski definition) is 1. The van der Waals surface area contributed by atoms with Gasteiger partial charge in [0, 0.05) is 11.1 Å². The highest BCUT2D eigenvalue weighted by atomic mass is 16.3. The molecule has 0 radical (unpaired) electrons. The molecule has 18 heavy (non-hydrogen) atoms. The number of allylic oxidation sites excluding steroid dienone is 6. The zero-order valence-electron chi connectivity index (χ0n) is 10.9. The topological polar surface area (TPSA) is 20.2 Å². The van der Waals surface area contributed by atoms with E-state index in [9.17, 15) is 5.11 Å². The average Bonchev–Trinajstić information content (AvgIpc) is 2.55. The molecule has 0 atom stereocenters. The van der Waals surface area contributed by atoms with Crippen LogP contribution < -0.4 is 0 Å². The first kappa shape index (κ1) is 14.0. The second kappa shape index (κ2) is 5.53. The van der Waals surface area contributed by atoms with Crippen LogP contribution in [0.5, 0.6) is 0 Å². The normalized spacial score (nSPS) is 18.8. The molecule has 0 aromatic rings. The maximum absolute atomic E-state index is 10.7. The van der Waals surface area contributed by atoms with Gasteiger partial charge in [-0.3, -0.25) is 0 Å². The number of aliphatic hydroxyl groups is 1. The summed E-state index contributed by atoms with van der Waals surface area (Å²) in [5.74, 6) is 2.49. The smallest absolute Gasteiger partial charge is 0.177 e. The molecule has 0 unspecified atom stereocenters. The fraction of sp³-hybridized carbons (Fsp3) is 0.176. The van der Waals surface area contributed by atoms with Crippen LogP contribution in [0, 0.1) is 12.3 Å². The fourth-order valence-corrected chi connectivity index (χ4v) is 2.07. The van der Waals surface area contributed by atoms with Crippen LogP contribution in [0.15, 0.2) is 71.9 Å². The zero-order valence-corrected chi connectivity index (χ0v) is 10.9. The monoisotopic (exact) mass is 238 g/mol. The third-order valence-corrected chi connectivity index (χ3v) is 3.16. The van der Waals surface area contributed by atoms with E-state index < -0.39 is 5.60 Å². The lowest BCUT2D eigenvalue weighted by Crippen LogP contribution is -2.28. The Hall–Kier alpha value is -2.04. The van der Waals surface area contributed by atoms with Crippen LogP contribution in [0.4, 0.5) is 0 Å². The van der Waals surface area contributed by atoms with Crippen LogP contribution in [0.3, 0.4) is 0 Å². The summed E-state index contributed by atoms with van der Waals surface area (Å²) >= 11 is 0. The molecule has 0 spiro atoms. The first-order valence-corrected chi connectivity index (χ1v) is 5.74. The lowest BCUT2D eigenvalue weighted by molar-refractivity contribution is 0.188. The van der Waals surface area contributed by atoms with Crippen LogP contribution in [0.1, 0.15) is 13.8 Å². The lowest BCUT2D eigenvalue weighted by Gasteiger charge is -2.21. The van der Waals surface area contributed by atoms with Gasteiger partial charge in [0.25, 0.3) is 0 Å². The van der Waals surface area contributed by atoms with E-state index in [1.807, 2.05) is 13.8 Å². The maximum Gasteiger partial charge on any atom is 0.177 e. The highest BCUT2D eigenvalue weighted by Crippen LogP contribution is 2.41. The van der Waals surface area contributed by atoms with Gasteiger partial charge in [-0.15, -0.1) is 6.42 Å². The minimum absolute atomic E-state index is 0.728. The summed E-state index contributed by atoms with van der Waals surface area (Å²) in [6.45, 7) is 11.2. The van der Waals surface area contributed by atoms with Crippen LogP contribution in [-0.2, 0) is 0 Å². The van der Waals surface area contributed by atoms with E-state index in [4.69, 9.17) is 6.42 Å². The molecule has 0 saturated heterocycles. The van der Waals surface area contributed by atoms with Crippen LogP contribution >= 0.6 is 0 Å². The Labute approximate surface area is 109 Å². The van der Waals surface area contributed by atoms with E-state index in [2.05, 4.69) is 19.1 Å². The molecular weight excluding hydrogens is 220 g/mol. The minimum Gasteiger partial charge on any atom is -0.369 e. The SMILES string of the molecule is C#CC1(O)C(/C=C\C=C)=C(C)C(C)=C1/C=C\C=C. The molecule has 0 aromatic heterocycles. The molecular formula is C17H18O. The van der Waals surface area contributed by atoms with Crippen LogP contribution in [-0.4, -0.2) is 10.7 Å². The highest BCUT2D eigenvalue weighted by Gasteiger charge is 2.39. The zero-order chi connectivity index (χ0) is 13.8. The van der Waals surface area contributed by atoms with Crippen molar-refractivity contribution in [1.82, 2.24) is 0 Å². The van der Waals surface area contributed by atoms with Gasteiger partial charge in [-0.05, 0) is 25.0 Å². The Morgan fingerprint density at radius 1 is 1.06 bits per heavy atom. The van der Waals surface area contributed by atoms with Crippen LogP contribution in [0.25, 0.3) is 0 Å². The average molecular weight is 238 g/mol. The van der Waals surface area contributed by atoms with Gasteiger partial charge in [-0.2, -0.15) is 0 Å². The first-order valence-electron chi connectivity index (χ1n) is 5.74. The Morgan fingerprint density at radius 2 is 1.44 bits per heavy atom. The van der Waals surface area contributed by atoms with Gasteiger partial charge in [0.05, 0.1) is 0 Å². The van der Waals surface area contributed by atoms with E-state index >= 15 is 0 Å². The third-order valence-electron chi connectivity index (χ3n) is 3.16. The molecule has 1 nitrogen and oxygen atoms in total. The van der Waals surface area contributed by atoms with Crippen molar-refractivity contribution >= 4 is 0 Å². The van der Waals surface area contributed by atoms with Crippen molar-refractivity contribution in [3.05, 3.63) is 71.9 Å². The second-order valence-electron chi connectivity index (χ2n) is 4.12. The molecule has 1 N–H and O–H groups in total. The number of rotatable bonds is 4. The van der Waals surface area contributed by atoms with Crippen molar-refractivity contribution in [3.8, 4) is 12.3 Å². The Bertz CT molecular complexity index is 490. The fourth-order valence-electron chi connectivity index (χ4n) is 2.07. The van der Waals surface area contributed by atoms with E-state index in [-0.39, 0.29) is 0 Å². The lowest BCUT2D eigenvalue weighted by atomic mass is 9.89.